The molecule has 0 aromatic carbocycles. The van der Waals surface area contributed by atoms with Gasteiger partial charge in [-0.25, -0.2) is 0 Å². The molecule has 1 aliphatic rings. The van der Waals surface area contributed by atoms with Crippen molar-refractivity contribution in [1.82, 2.24) is 4.90 Å². The van der Waals surface area contributed by atoms with Gasteiger partial charge in [-0.05, 0) is 18.9 Å². The van der Waals surface area contributed by atoms with Crippen LogP contribution in [0.4, 0.5) is 0 Å². The molecule has 1 aliphatic heterocycles. The lowest BCUT2D eigenvalue weighted by molar-refractivity contribution is -0.00397. The second-order valence-electron chi connectivity index (χ2n) is 4.06. The van der Waals surface area contributed by atoms with Gasteiger partial charge >= 0.3 is 0 Å². The standard InChI is InChI=1S/C10H20N2OS/c1-8-3-5-12(6-4-10(11)14)7-9(8)13-2/h8-9H,3-7H2,1-2H3,(H2,11,14). The third-order valence-electron chi connectivity index (χ3n) is 2.95. The SMILES string of the molecule is COC1CN(CCC(N)=S)CCC1C. The van der Waals surface area contributed by atoms with Gasteiger partial charge in [-0.15, -0.1) is 0 Å². The van der Waals surface area contributed by atoms with Gasteiger partial charge in [-0.1, -0.05) is 19.1 Å². The van der Waals surface area contributed by atoms with Gasteiger partial charge in [-0.2, -0.15) is 0 Å². The highest BCUT2D eigenvalue weighted by Crippen LogP contribution is 2.19. The van der Waals surface area contributed by atoms with E-state index in [1.54, 1.807) is 7.11 Å². The molecular weight excluding hydrogens is 196 g/mol. The third kappa shape index (κ3) is 3.52. The van der Waals surface area contributed by atoms with Crippen LogP contribution in [0.15, 0.2) is 0 Å². The predicted molar refractivity (Wildman–Crippen MR) is 62.4 cm³/mol. The monoisotopic (exact) mass is 216 g/mol. The smallest absolute Gasteiger partial charge is 0.0740 e. The molecule has 0 amide bonds. The van der Waals surface area contributed by atoms with Crippen molar-refractivity contribution in [2.45, 2.75) is 25.9 Å². The zero-order valence-corrected chi connectivity index (χ0v) is 9.85. The number of nitrogens with two attached hydrogens (primary N) is 1. The molecule has 2 unspecified atom stereocenters. The molecule has 2 atom stereocenters. The lowest BCUT2D eigenvalue weighted by atomic mass is 9.96. The Morgan fingerprint density at radius 3 is 2.93 bits per heavy atom. The van der Waals surface area contributed by atoms with Crippen LogP contribution in [-0.2, 0) is 4.74 Å². The second-order valence-corrected chi connectivity index (χ2v) is 4.58. The number of likely N-dealkylation sites (tertiary alicyclic amines) is 1. The molecule has 0 aliphatic carbocycles. The number of hydrogen-bond acceptors (Lipinski definition) is 3. The van der Waals surface area contributed by atoms with E-state index in [0.717, 1.165) is 26.1 Å². The Morgan fingerprint density at radius 1 is 1.64 bits per heavy atom. The number of ether oxygens (including phenoxy) is 1. The summed E-state index contributed by atoms with van der Waals surface area (Å²) in [6.45, 7) is 5.38. The van der Waals surface area contributed by atoms with Gasteiger partial charge in [0.15, 0.2) is 0 Å². The summed E-state index contributed by atoms with van der Waals surface area (Å²) >= 11 is 4.86. The molecule has 2 N–H and O–H groups in total. The quantitative estimate of drug-likeness (QED) is 0.712. The van der Waals surface area contributed by atoms with Gasteiger partial charge in [0, 0.05) is 26.6 Å². The molecule has 0 aromatic heterocycles. The summed E-state index contributed by atoms with van der Waals surface area (Å²) in [7, 11) is 1.79. The average molecular weight is 216 g/mol. The molecule has 1 rings (SSSR count). The zero-order valence-electron chi connectivity index (χ0n) is 9.03. The minimum absolute atomic E-state index is 0.370. The van der Waals surface area contributed by atoms with Crippen LogP contribution in [0.2, 0.25) is 0 Å². The van der Waals surface area contributed by atoms with E-state index < -0.39 is 0 Å². The van der Waals surface area contributed by atoms with Gasteiger partial charge in [0.25, 0.3) is 0 Å². The number of nitrogens with zero attached hydrogens (tertiary/aromatic N) is 1. The Balaban J connectivity index is 2.31. The maximum atomic E-state index is 5.48. The number of hydrogen-bond donors (Lipinski definition) is 1. The molecule has 1 saturated heterocycles. The summed E-state index contributed by atoms with van der Waals surface area (Å²) in [6, 6.07) is 0. The van der Waals surface area contributed by atoms with Crippen molar-refractivity contribution in [2.75, 3.05) is 26.7 Å². The van der Waals surface area contributed by atoms with Crippen molar-refractivity contribution < 1.29 is 4.74 Å². The first kappa shape index (κ1) is 11.9. The maximum absolute atomic E-state index is 5.48. The van der Waals surface area contributed by atoms with Crippen LogP contribution < -0.4 is 5.73 Å². The normalized spacial score (nSPS) is 29.0. The lowest BCUT2D eigenvalue weighted by Gasteiger charge is -2.36. The summed E-state index contributed by atoms with van der Waals surface area (Å²) in [6.07, 6.45) is 2.39. The van der Waals surface area contributed by atoms with Crippen LogP contribution in [0.25, 0.3) is 0 Å². The average Bonchev–Trinajstić information content (AvgIpc) is 2.16. The van der Waals surface area contributed by atoms with Gasteiger partial charge in [-0.3, -0.25) is 0 Å². The lowest BCUT2D eigenvalue weighted by Crippen LogP contribution is -2.44. The van der Waals surface area contributed by atoms with E-state index in [4.69, 9.17) is 22.7 Å². The molecule has 1 heterocycles. The minimum atomic E-state index is 0.370. The maximum Gasteiger partial charge on any atom is 0.0740 e. The van der Waals surface area contributed by atoms with Gasteiger partial charge in [0.05, 0.1) is 11.1 Å². The fourth-order valence-corrected chi connectivity index (χ4v) is 1.97. The molecule has 1 fully saturated rings. The Bertz CT molecular complexity index is 199. The van der Waals surface area contributed by atoms with Crippen molar-refractivity contribution in [3.8, 4) is 0 Å². The van der Waals surface area contributed by atoms with Gasteiger partial charge < -0.3 is 15.4 Å². The topological polar surface area (TPSA) is 38.5 Å². The highest BCUT2D eigenvalue weighted by molar-refractivity contribution is 7.80. The van der Waals surface area contributed by atoms with Crippen molar-refractivity contribution in [1.29, 1.82) is 0 Å². The number of rotatable bonds is 4. The molecule has 0 bridgehead atoms. The van der Waals surface area contributed by atoms with Crippen LogP contribution in [0.1, 0.15) is 19.8 Å². The molecule has 0 aromatic rings. The van der Waals surface area contributed by atoms with E-state index in [1.807, 2.05) is 0 Å². The van der Waals surface area contributed by atoms with E-state index in [0.29, 0.717) is 17.0 Å². The Hall–Kier alpha value is -0.190. The minimum Gasteiger partial charge on any atom is -0.393 e. The van der Waals surface area contributed by atoms with Crippen LogP contribution in [0.3, 0.4) is 0 Å². The number of piperidine rings is 1. The zero-order chi connectivity index (χ0) is 10.6. The first-order chi connectivity index (χ1) is 6.63. The summed E-state index contributed by atoms with van der Waals surface area (Å²) in [5.41, 5.74) is 5.48. The first-order valence-electron chi connectivity index (χ1n) is 5.17. The van der Waals surface area contributed by atoms with E-state index in [-0.39, 0.29) is 0 Å². The molecule has 0 radical (unpaired) electrons. The van der Waals surface area contributed by atoms with Gasteiger partial charge in [0.1, 0.15) is 0 Å². The third-order valence-corrected chi connectivity index (χ3v) is 3.15. The Kier molecular flexibility index (Phi) is 4.78. The summed E-state index contributed by atoms with van der Waals surface area (Å²) in [5, 5.41) is 0. The van der Waals surface area contributed by atoms with E-state index in [9.17, 15) is 0 Å². The molecule has 4 heteroatoms. The fraction of sp³-hybridized carbons (Fsp3) is 0.900. The van der Waals surface area contributed by atoms with Crippen LogP contribution in [0, 0.1) is 5.92 Å². The molecule has 0 spiro atoms. The van der Waals surface area contributed by atoms with E-state index in [1.165, 1.54) is 6.42 Å². The van der Waals surface area contributed by atoms with Crippen LogP contribution in [-0.4, -0.2) is 42.7 Å². The highest BCUT2D eigenvalue weighted by Gasteiger charge is 2.25. The number of methoxy groups -OCH3 is 1. The van der Waals surface area contributed by atoms with Crippen molar-refractivity contribution >= 4 is 17.2 Å². The molecule has 0 saturated carbocycles. The Labute approximate surface area is 91.6 Å². The largest absolute Gasteiger partial charge is 0.393 e. The van der Waals surface area contributed by atoms with E-state index in [2.05, 4.69) is 11.8 Å². The molecule has 82 valence electrons. The fourth-order valence-electron chi connectivity index (χ4n) is 1.88. The van der Waals surface area contributed by atoms with Crippen molar-refractivity contribution in [3.05, 3.63) is 0 Å². The summed E-state index contributed by atoms with van der Waals surface area (Å²) in [4.78, 5) is 2.99. The van der Waals surface area contributed by atoms with E-state index >= 15 is 0 Å². The van der Waals surface area contributed by atoms with Gasteiger partial charge in [0.2, 0.25) is 0 Å². The predicted octanol–water partition coefficient (Wildman–Crippen LogP) is 1.02. The molecule has 14 heavy (non-hydrogen) atoms. The van der Waals surface area contributed by atoms with Crippen molar-refractivity contribution in [2.24, 2.45) is 11.7 Å². The first-order valence-corrected chi connectivity index (χ1v) is 5.57. The van der Waals surface area contributed by atoms with Crippen LogP contribution >= 0.6 is 12.2 Å². The molecular formula is C10H20N2OS. The second kappa shape index (κ2) is 5.63. The Morgan fingerprint density at radius 2 is 2.36 bits per heavy atom. The van der Waals surface area contributed by atoms with Crippen molar-refractivity contribution in [3.63, 3.8) is 0 Å². The number of thiocarbonyl (C=S) groups is 1. The summed E-state index contributed by atoms with van der Waals surface area (Å²) in [5.74, 6) is 0.668. The van der Waals surface area contributed by atoms with Crippen LogP contribution in [0.5, 0.6) is 0 Å². The molecule has 3 nitrogen and oxygen atoms in total. The summed E-state index contributed by atoms with van der Waals surface area (Å²) < 4.78 is 5.43. The highest BCUT2D eigenvalue weighted by atomic mass is 32.1.